The van der Waals surface area contributed by atoms with Crippen molar-refractivity contribution in [2.45, 2.75) is 66.4 Å². The van der Waals surface area contributed by atoms with E-state index in [4.69, 9.17) is 18.9 Å². The summed E-state index contributed by atoms with van der Waals surface area (Å²) in [7, 11) is 1.40. The van der Waals surface area contributed by atoms with Gasteiger partial charge in [-0.1, -0.05) is 33.3 Å². The van der Waals surface area contributed by atoms with E-state index in [0.29, 0.717) is 0 Å². The van der Waals surface area contributed by atoms with Crippen LogP contribution in [0.2, 0.25) is 0 Å². The number of carbonyl (C=O) groups is 3. The maximum Gasteiger partial charge on any atom is 0.309 e. The summed E-state index contributed by atoms with van der Waals surface area (Å²) in [5.41, 5.74) is 1.68. The van der Waals surface area contributed by atoms with Crippen molar-refractivity contribution in [3.8, 4) is 11.5 Å². The molecular weight excluding hydrogens is 481 g/mol. The number of aryl methyl sites for hydroxylation is 1. The van der Waals surface area contributed by atoms with Gasteiger partial charge in [-0.25, -0.2) is 9.37 Å². The zero-order chi connectivity index (χ0) is 27.7. The molecule has 0 aliphatic heterocycles. The fourth-order valence-corrected chi connectivity index (χ4v) is 4.22. The molecule has 1 heterocycles. The average Bonchev–Trinajstić information content (AvgIpc) is 2.84. The lowest BCUT2D eigenvalue weighted by Gasteiger charge is -2.31. The Bertz CT molecular complexity index is 1100. The predicted molar refractivity (Wildman–Crippen MR) is 135 cm³/mol. The summed E-state index contributed by atoms with van der Waals surface area (Å²) in [5, 5.41) is 0. The number of aromatic nitrogens is 1. The van der Waals surface area contributed by atoms with Gasteiger partial charge in [-0.3, -0.25) is 14.4 Å². The third-order valence-electron chi connectivity index (χ3n) is 6.37. The molecule has 0 bridgehead atoms. The fourth-order valence-electron chi connectivity index (χ4n) is 4.22. The smallest absolute Gasteiger partial charge is 0.309 e. The molecule has 4 atom stereocenters. The first-order valence-electron chi connectivity index (χ1n) is 12.3. The van der Waals surface area contributed by atoms with Gasteiger partial charge in [0.1, 0.15) is 11.9 Å². The van der Waals surface area contributed by atoms with E-state index in [2.05, 4.69) is 18.8 Å². The van der Waals surface area contributed by atoms with E-state index in [-0.39, 0.29) is 41.3 Å². The number of ether oxygens (including phenoxy) is 4. The number of rotatable bonds is 13. The summed E-state index contributed by atoms with van der Waals surface area (Å²) >= 11 is 0. The molecule has 0 amide bonds. The van der Waals surface area contributed by atoms with E-state index in [0.717, 1.165) is 17.5 Å². The summed E-state index contributed by atoms with van der Waals surface area (Å²) in [6.07, 6.45) is 1.55. The van der Waals surface area contributed by atoms with Gasteiger partial charge in [-0.15, -0.1) is 0 Å². The van der Waals surface area contributed by atoms with Crippen molar-refractivity contribution in [2.24, 2.45) is 11.8 Å². The number of methoxy groups -OCH3 is 1. The molecule has 0 spiro atoms. The van der Waals surface area contributed by atoms with Gasteiger partial charge in [0.15, 0.2) is 23.0 Å². The molecule has 1 aromatic heterocycles. The highest BCUT2D eigenvalue weighted by Gasteiger charge is 2.31. The van der Waals surface area contributed by atoms with E-state index < -0.39 is 36.5 Å². The molecule has 0 saturated heterocycles. The zero-order valence-electron chi connectivity index (χ0n) is 22.5. The van der Waals surface area contributed by atoms with Gasteiger partial charge >= 0.3 is 11.9 Å². The molecule has 37 heavy (non-hydrogen) atoms. The van der Waals surface area contributed by atoms with Crippen molar-refractivity contribution in [3.63, 3.8) is 0 Å². The van der Waals surface area contributed by atoms with Crippen molar-refractivity contribution in [1.29, 1.82) is 0 Å². The number of pyridine rings is 1. The third-order valence-corrected chi connectivity index (χ3v) is 6.37. The lowest BCUT2D eigenvalue weighted by Crippen LogP contribution is -2.30. The van der Waals surface area contributed by atoms with Crippen molar-refractivity contribution < 1.29 is 37.7 Å². The van der Waals surface area contributed by atoms with Crippen LogP contribution in [0.1, 0.15) is 75.0 Å². The number of Topliss-reactive ketones (excluding diaryl/α,β-unsaturated/α-hetero) is 1. The van der Waals surface area contributed by atoms with E-state index in [1.165, 1.54) is 38.4 Å². The highest BCUT2D eigenvalue weighted by Crippen LogP contribution is 2.35. The number of hydrogen-bond acceptors (Lipinski definition) is 8. The number of carbonyl (C=O) groups excluding carboxylic acids is 3. The highest BCUT2D eigenvalue weighted by molar-refractivity contribution is 5.99. The molecule has 0 fully saturated rings. The molecule has 0 N–H and O–H groups in total. The first-order chi connectivity index (χ1) is 17.5. The number of esters is 2. The molecule has 0 aliphatic rings. The summed E-state index contributed by atoms with van der Waals surface area (Å²) in [6, 6.07) is 6.13. The first kappa shape index (κ1) is 29.7. The number of nitrogens with zero attached hydrogens (tertiary/aromatic N) is 1. The lowest BCUT2D eigenvalue weighted by atomic mass is 9.80. The second kappa shape index (κ2) is 13.7. The quantitative estimate of drug-likeness (QED) is 0.198. The van der Waals surface area contributed by atoms with Crippen molar-refractivity contribution in [3.05, 3.63) is 53.1 Å². The number of benzene rings is 1. The minimum absolute atomic E-state index is 0.0220. The second-order valence-electron chi connectivity index (χ2n) is 9.17. The summed E-state index contributed by atoms with van der Waals surface area (Å²) in [5.74, 6) is -2.33. The Morgan fingerprint density at radius 3 is 2.41 bits per heavy atom. The minimum atomic E-state index is -0.767. The Hall–Kier alpha value is -3.49. The van der Waals surface area contributed by atoms with E-state index in [9.17, 15) is 18.8 Å². The Morgan fingerprint density at radius 2 is 1.81 bits per heavy atom. The van der Waals surface area contributed by atoms with Crippen molar-refractivity contribution >= 4 is 17.7 Å². The van der Waals surface area contributed by atoms with Crippen LogP contribution in [-0.2, 0) is 19.1 Å². The van der Waals surface area contributed by atoms with Crippen LogP contribution in [0.5, 0.6) is 11.5 Å². The van der Waals surface area contributed by atoms with Crippen LogP contribution in [0.3, 0.4) is 0 Å². The molecule has 1 aromatic carbocycles. The number of ketones is 1. The van der Waals surface area contributed by atoms with Gasteiger partial charge in [0.2, 0.25) is 6.79 Å². The van der Waals surface area contributed by atoms with Crippen LogP contribution in [0.15, 0.2) is 30.5 Å². The van der Waals surface area contributed by atoms with Crippen LogP contribution < -0.4 is 9.47 Å². The first-order valence-corrected chi connectivity index (χ1v) is 12.3. The molecule has 9 heteroatoms. The molecular formula is C28H36FNO7. The summed E-state index contributed by atoms with van der Waals surface area (Å²) < 4.78 is 35.0. The maximum absolute atomic E-state index is 13.7. The molecule has 8 nitrogen and oxygen atoms in total. The molecule has 0 radical (unpaired) electrons. The van der Waals surface area contributed by atoms with E-state index >= 15 is 0 Å². The monoisotopic (exact) mass is 517 g/mol. The normalized spacial score (nSPS) is 14.2. The minimum Gasteiger partial charge on any atom is -0.493 e. The predicted octanol–water partition coefficient (Wildman–Crippen LogP) is 5.41. The fraction of sp³-hybridized carbons (Fsp3) is 0.500. The van der Waals surface area contributed by atoms with E-state index in [1.807, 2.05) is 13.8 Å². The molecule has 0 aliphatic carbocycles. The lowest BCUT2D eigenvalue weighted by molar-refractivity contribution is -0.154. The molecule has 0 saturated carbocycles. The Kier molecular flexibility index (Phi) is 11.0. The van der Waals surface area contributed by atoms with Crippen LogP contribution in [0, 0.1) is 24.6 Å². The van der Waals surface area contributed by atoms with Crippen LogP contribution in [-0.4, -0.2) is 42.7 Å². The summed E-state index contributed by atoms with van der Waals surface area (Å²) in [4.78, 5) is 41.2. The van der Waals surface area contributed by atoms with Gasteiger partial charge in [0.05, 0.1) is 13.0 Å². The van der Waals surface area contributed by atoms with Crippen LogP contribution in [0.25, 0.3) is 0 Å². The highest BCUT2D eigenvalue weighted by atomic mass is 19.1. The third kappa shape index (κ3) is 8.00. The molecule has 2 rings (SSSR count). The number of halogens is 1. The standard InChI is InChI=1S/C28H36FNO7/c1-8-16(2)25(22-10-9-21(29)13-17(22)3)19(5)37-28(33)18(4)14-23(32)26-27(36-15-35-20(6)31)24(34-7)11-12-30-26/h9-13,16,18-19,25H,8,14-15H2,1-7H3/t16?,18-,19+,25-/m1/s1. The topological polar surface area (TPSA) is 101 Å². The Labute approximate surface area is 217 Å². The van der Waals surface area contributed by atoms with Gasteiger partial charge in [-0.2, -0.15) is 0 Å². The van der Waals surface area contributed by atoms with Crippen LogP contribution >= 0.6 is 0 Å². The van der Waals surface area contributed by atoms with Crippen LogP contribution in [0.4, 0.5) is 4.39 Å². The van der Waals surface area contributed by atoms with Crippen molar-refractivity contribution in [2.75, 3.05) is 13.9 Å². The molecule has 1 unspecified atom stereocenters. The second-order valence-corrected chi connectivity index (χ2v) is 9.17. The molecule has 202 valence electrons. The summed E-state index contributed by atoms with van der Waals surface area (Å²) in [6.45, 7) is 10.2. The zero-order valence-corrected chi connectivity index (χ0v) is 22.5. The SMILES string of the molecule is CCC(C)[C@@H](c1ccc(F)cc1C)[C@H](C)OC(=O)[C@H](C)CC(=O)c1nccc(OC)c1OCOC(C)=O. The number of hydrogen-bond donors (Lipinski definition) is 0. The largest absolute Gasteiger partial charge is 0.493 e. The van der Waals surface area contributed by atoms with Crippen molar-refractivity contribution in [1.82, 2.24) is 4.98 Å². The molecule has 2 aromatic rings. The van der Waals surface area contributed by atoms with Gasteiger partial charge in [0.25, 0.3) is 0 Å². The van der Waals surface area contributed by atoms with E-state index in [1.54, 1.807) is 13.0 Å². The maximum atomic E-state index is 13.7. The van der Waals surface area contributed by atoms with Gasteiger partial charge in [0, 0.05) is 31.5 Å². The van der Waals surface area contributed by atoms with Gasteiger partial charge in [-0.05, 0) is 43.0 Å². The Balaban J connectivity index is 2.16. The van der Waals surface area contributed by atoms with Gasteiger partial charge < -0.3 is 18.9 Å². The average molecular weight is 518 g/mol. The Morgan fingerprint density at radius 1 is 1.11 bits per heavy atom.